The van der Waals surface area contributed by atoms with E-state index in [0.29, 0.717) is 5.54 Å². The van der Waals surface area contributed by atoms with E-state index in [-0.39, 0.29) is 0 Å². The van der Waals surface area contributed by atoms with Crippen molar-refractivity contribution in [3.63, 3.8) is 0 Å². The van der Waals surface area contributed by atoms with Crippen LogP contribution < -0.4 is 0 Å². The second-order valence-corrected chi connectivity index (χ2v) is 3.44. The maximum Gasteiger partial charge on any atom is 0.0411 e. The second-order valence-electron chi connectivity index (χ2n) is 3.44. The molecule has 0 bridgehead atoms. The molecule has 1 nitrogen and oxygen atoms in total. The smallest absolute Gasteiger partial charge is 0.0411 e. The van der Waals surface area contributed by atoms with Gasteiger partial charge in [0.15, 0.2) is 0 Å². The van der Waals surface area contributed by atoms with Crippen LogP contribution in [0.3, 0.4) is 0 Å². The average Bonchev–Trinajstić information content (AvgIpc) is 2.33. The summed E-state index contributed by atoms with van der Waals surface area (Å²) in [6.07, 6.45) is 8.43. The van der Waals surface area contributed by atoms with E-state index in [1.165, 1.54) is 19.3 Å². The van der Waals surface area contributed by atoms with Gasteiger partial charge in [-0.15, -0.1) is 0 Å². The molecule has 2 rings (SSSR count). The molecule has 10 heavy (non-hydrogen) atoms. The Bertz CT molecular complexity index is 207. The largest absolute Gasteiger partial charge is 0.349 e. The van der Waals surface area contributed by atoms with Crippen molar-refractivity contribution in [2.45, 2.75) is 31.7 Å². The lowest BCUT2D eigenvalue weighted by Crippen LogP contribution is -2.36. The maximum absolute atomic E-state index is 2.33. The van der Waals surface area contributed by atoms with Gasteiger partial charge in [-0.1, -0.05) is 0 Å². The van der Waals surface area contributed by atoms with Gasteiger partial charge >= 0.3 is 0 Å². The van der Waals surface area contributed by atoms with Crippen LogP contribution in [0.15, 0.2) is 24.5 Å². The summed E-state index contributed by atoms with van der Waals surface area (Å²) >= 11 is 0. The van der Waals surface area contributed by atoms with Gasteiger partial charge in [0.2, 0.25) is 0 Å². The van der Waals surface area contributed by atoms with Gasteiger partial charge in [-0.2, -0.15) is 0 Å². The standard InChI is InChI=1S/C9H13N/c1-9(5-4-6-9)10-7-2-3-8-10/h2-3,7-8H,4-6H2,1H3. The average molecular weight is 135 g/mol. The van der Waals surface area contributed by atoms with Gasteiger partial charge in [0.25, 0.3) is 0 Å². The molecule has 1 aliphatic rings. The molecule has 1 aliphatic carbocycles. The molecule has 0 amide bonds. The third-order valence-electron chi connectivity index (χ3n) is 2.66. The minimum atomic E-state index is 0.462. The van der Waals surface area contributed by atoms with Gasteiger partial charge in [-0.25, -0.2) is 0 Å². The molecule has 1 heterocycles. The molecule has 1 fully saturated rings. The predicted molar refractivity (Wildman–Crippen MR) is 41.9 cm³/mol. The van der Waals surface area contributed by atoms with E-state index in [4.69, 9.17) is 0 Å². The molecule has 1 saturated carbocycles. The van der Waals surface area contributed by atoms with E-state index < -0.39 is 0 Å². The Morgan fingerprint density at radius 3 is 2.20 bits per heavy atom. The number of rotatable bonds is 1. The molecule has 0 spiro atoms. The van der Waals surface area contributed by atoms with Crippen molar-refractivity contribution in [1.82, 2.24) is 4.57 Å². The number of nitrogens with zero attached hydrogens (tertiary/aromatic N) is 1. The van der Waals surface area contributed by atoms with Crippen LogP contribution in [0, 0.1) is 0 Å². The number of hydrogen-bond donors (Lipinski definition) is 0. The molecule has 0 aromatic carbocycles. The summed E-state index contributed by atoms with van der Waals surface area (Å²) < 4.78 is 2.33. The van der Waals surface area contributed by atoms with Crippen LogP contribution in [0.4, 0.5) is 0 Å². The minimum absolute atomic E-state index is 0.462. The molecule has 0 aliphatic heterocycles. The van der Waals surface area contributed by atoms with E-state index >= 15 is 0 Å². The highest BCUT2D eigenvalue weighted by Gasteiger charge is 2.32. The molecule has 0 radical (unpaired) electrons. The van der Waals surface area contributed by atoms with Crippen LogP contribution in [-0.2, 0) is 5.54 Å². The summed E-state index contributed by atoms with van der Waals surface area (Å²) in [7, 11) is 0. The van der Waals surface area contributed by atoms with Gasteiger partial charge in [0.05, 0.1) is 0 Å². The highest BCUT2D eigenvalue weighted by molar-refractivity contribution is 5.00. The topological polar surface area (TPSA) is 4.93 Å². The zero-order valence-electron chi connectivity index (χ0n) is 6.38. The van der Waals surface area contributed by atoms with E-state index in [1.54, 1.807) is 0 Å². The Morgan fingerprint density at radius 2 is 1.80 bits per heavy atom. The molecule has 0 N–H and O–H groups in total. The van der Waals surface area contributed by atoms with Gasteiger partial charge in [0.1, 0.15) is 0 Å². The third kappa shape index (κ3) is 0.698. The summed E-state index contributed by atoms with van der Waals surface area (Å²) in [5.74, 6) is 0. The van der Waals surface area contributed by atoms with E-state index in [1.807, 2.05) is 0 Å². The normalized spacial score (nSPS) is 22.1. The lowest BCUT2D eigenvalue weighted by atomic mass is 9.78. The molecular formula is C9H13N. The first kappa shape index (κ1) is 6.02. The highest BCUT2D eigenvalue weighted by atomic mass is 15.0. The van der Waals surface area contributed by atoms with Crippen molar-refractivity contribution in [2.24, 2.45) is 0 Å². The van der Waals surface area contributed by atoms with Crippen molar-refractivity contribution in [2.75, 3.05) is 0 Å². The van der Waals surface area contributed by atoms with E-state index in [9.17, 15) is 0 Å². The summed E-state index contributed by atoms with van der Waals surface area (Å²) in [6.45, 7) is 2.33. The molecule has 0 saturated heterocycles. The Balaban J connectivity index is 2.27. The molecule has 0 atom stereocenters. The SMILES string of the molecule is CC1(n2cccc2)CCC1. The van der Waals surface area contributed by atoms with Gasteiger partial charge in [-0.05, 0) is 38.3 Å². The zero-order chi connectivity index (χ0) is 7.03. The van der Waals surface area contributed by atoms with E-state index in [2.05, 4.69) is 36.0 Å². The first-order valence-electron chi connectivity index (χ1n) is 3.95. The van der Waals surface area contributed by atoms with Crippen molar-refractivity contribution < 1.29 is 0 Å². The van der Waals surface area contributed by atoms with Crippen molar-refractivity contribution in [3.05, 3.63) is 24.5 Å². The van der Waals surface area contributed by atoms with Gasteiger partial charge < -0.3 is 4.57 Å². The van der Waals surface area contributed by atoms with Crippen LogP contribution in [-0.4, -0.2) is 4.57 Å². The third-order valence-corrected chi connectivity index (χ3v) is 2.66. The fourth-order valence-electron chi connectivity index (χ4n) is 1.64. The summed E-state index contributed by atoms with van der Waals surface area (Å²) in [5.41, 5.74) is 0.462. The molecule has 1 aromatic rings. The Kier molecular flexibility index (Phi) is 1.13. The number of hydrogen-bond acceptors (Lipinski definition) is 0. The van der Waals surface area contributed by atoms with Crippen LogP contribution in [0.5, 0.6) is 0 Å². The Morgan fingerprint density at radius 1 is 1.20 bits per heavy atom. The van der Waals surface area contributed by atoms with Crippen LogP contribution >= 0.6 is 0 Å². The highest BCUT2D eigenvalue weighted by Crippen LogP contribution is 2.38. The van der Waals surface area contributed by atoms with Crippen LogP contribution in [0.25, 0.3) is 0 Å². The summed E-state index contributed by atoms with van der Waals surface area (Å²) in [6, 6.07) is 4.20. The molecule has 0 unspecified atom stereocenters. The Hall–Kier alpha value is -0.720. The summed E-state index contributed by atoms with van der Waals surface area (Å²) in [5, 5.41) is 0. The first-order chi connectivity index (χ1) is 4.81. The van der Waals surface area contributed by atoms with E-state index in [0.717, 1.165) is 0 Å². The minimum Gasteiger partial charge on any atom is -0.349 e. The summed E-state index contributed by atoms with van der Waals surface area (Å²) in [4.78, 5) is 0. The lowest BCUT2D eigenvalue weighted by molar-refractivity contribution is 0.169. The molecule has 54 valence electrons. The van der Waals surface area contributed by atoms with Gasteiger partial charge in [-0.3, -0.25) is 0 Å². The van der Waals surface area contributed by atoms with Crippen molar-refractivity contribution >= 4 is 0 Å². The second kappa shape index (κ2) is 1.88. The first-order valence-corrected chi connectivity index (χ1v) is 3.95. The molecular weight excluding hydrogens is 122 g/mol. The van der Waals surface area contributed by atoms with Crippen LogP contribution in [0.2, 0.25) is 0 Å². The molecule has 1 heteroatoms. The van der Waals surface area contributed by atoms with Crippen molar-refractivity contribution in [3.8, 4) is 0 Å². The van der Waals surface area contributed by atoms with Gasteiger partial charge in [0, 0.05) is 17.9 Å². The predicted octanol–water partition coefficient (Wildman–Crippen LogP) is 2.39. The van der Waals surface area contributed by atoms with Crippen LogP contribution in [0.1, 0.15) is 26.2 Å². The zero-order valence-corrected chi connectivity index (χ0v) is 6.38. The Labute approximate surface area is 61.7 Å². The number of aromatic nitrogens is 1. The van der Waals surface area contributed by atoms with Crippen molar-refractivity contribution in [1.29, 1.82) is 0 Å². The quantitative estimate of drug-likeness (QED) is 0.557. The maximum atomic E-state index is 2.33. The fraction of sp³-hybridized carbons (Fsp3) is 0.556. The molecule has 1 aromatic heterocycles. The fourth-order valence-corrected chi connectivity index (χ4v) is 1.64. The monoisotopic (exact) mass is 135 g/mol. The lowest BCUT2D eigenvalue weighted by Gasteiger charge is -2.40.